The predicted octanol–water partition coefficient (Wildman–Crippen LogP) is 5.24. The van der Waals surface area contributed by atoms with Crippen molar-refractivity contribution in [2.24, 2.45) is 0 Å². The first-order valence-corrected chi connectivity index (χ1v) is 9.07. The number of pyridine rings is 1. The maximum atomic E-state index is 12.2. The number of anilines is 3. The van der Waals surface area contributed by atoms with Crippen molar-refractivity contribution in [1.29, 1.82) is 0 Å². The molecule has 0 saturated heterocycles. The van der Waals surface area contributed by atoms with Crippen molar-refractivity contribution in [3.05, 3.63) is 82.5 Å². The summed E-state index contributed by atoms with van der Waals surface area (Å²) in [5.74, 6) is 0.704. The molecule has 0 saturated carbocycles. The highest BCUT2D eigenvalue weighted by Crippen LogP contribution is 2.25. The van der Waals surface area contributed by atoms with E-state index in [1.165, 1.54) is 16.7 Å². The van der Waals surface area contributed by atoms with Crippen LogP contribution in [0.5, 0.6) is 0 Å². The fraction of sp³-hybridized carbons (Fsp3) is 0.217. The molecule has 0 fully saturated rings. The van der Waals surface area contributed by atoms with E-state index in [1.54, 1.807) is 6.20 Å². The number of hydrogen-bond donors (Lipinski definition) is 2. The van der Waals surface area contributed by atoms with Crippen LogP contribution in [0.15, 0.2) is 54.7 Å². The second-order valence-corrected chi connectivity index (χ2v) is 7.04. The second-order valence-electron chi connectivity index (χ2n) is 7.04. The first-order valence-electron chi connectivity index (χ1n) is 9.07. The molecule has 1 aromatic heterocycles. The number of carbonyl (C=O) groups excluding carboxylic acids is 1. The number of carbonyl (C=O) groups is 1. The SMILES string of the molecule is Cc1cccc(CC(=O)Nc2ccc(Nc3c(C)cc(C)cc3C)nc2)c1. The number of hydrogen-bond acceptors (Lipinski definition) is 3. The lowest BCUT2D eigenvalue weighted by Gasteiger charge is -2.13. The molecule has 1 heterocycles. The summed E-state index contributed by atoms with van der Waals surface area (Å²) in [6.07, 6.45) is 2.03. The Hall–Kier alpha value is -3.14. The number of benzene rings is 2. The Balaban J connectivity index is 1.64. The number of nitrogens with one attached hydrogen (secondary N) is 2. The summed E-state index contributed by atoms with van der Waals surface area (Å²) in [5, 5.41) is 6.27. The van der Waals surface area contributed by atoms with Gasteiger partial charge in [0.05, 0.1) is 18.3 Å². The molecule has 0 aliphatic rings. The summed E-state index contributed by atoms with van der Waals surface area (Å²) in [7, 11) is 0. The van der Waals surface area contributed by atoms with Crippen molar-refractivity contribution in [3.8, 4) is 0 Å². The van der Waals surface area contributed by atoms with Crippen LogP contribution in [0.3, 0.4) is 0 Å². The molecule has 4 heteroatoms. The van der Waals surface area contributed by atoms with Gasteiger partial charge < -0.3 is 10.6 Å². The molecule has 2 aromatic carbocycles. The normalized spacial score (nSPS) is 10.5. The van der Waals surface area contributed by atoms with Gasteiger partial charge in [-0.2, -0.15) is 0 Å². The molecule has 0 atom stereocenters. The molecule has 138 valence electrons. The van der Waals surface area contributed by atoms with E-state index in [9.17, 15) is 4.79 Å². The Bertz CT molecular complexity index is 939. The highest BCUT2D eigenvalue weighted by molar-refractivity contribution is 5.92. The molecule has 0 aliphatic heterocycles. The van der Waals surface area contributed by atoms with Crippen molar-refractivity contribution in [1.82, 2.24) is 4.98 Å². The van der Waals surface area contributed by atoms with Crippen molar-refractivity contribution >= 4 is 23.1 Å². The zero-order chi connectivity index (χ0) is 19.4. The molecule has 3 aromatic rings. The van der Waals surface area contributed by atoms with Gasteiger partial charge in [-0.3, -0.25) is 4.79 Å². The van der Waals surface area contributed by atoms with Gasteiger partial charge in [0, 0.05) is 5.69 Å². The van der Waals surface area contributed by atoms with Gasteiger partial charge in [-0.1, -0.05) is 47.5 Å². The summed E-state index contributed by atoms with van der Waals surface area (Å²) in [5.41, 5.74) is 7.54. The van der Waals surface area contributed by atoms with E-state index < -0.39 is 0 Å². The van der Waals surface area contributed by atoms with E-state index in [4.69, 9.17) is 0 Å². The van der Waals surface area contributed by atoms with E-state index in [0.29, 0.717) is 12.1 Å². The van der Waals surface area contributed by atoms with Gasteiger partial charge in [-0.25, -0.2) is 4.98 Å². The highest BCUT2D eigenvalue weighted by Gasteiger charge is 2.07. The van der Waals surface area contributed by atoms with Gasteiger partial charge in [-0.05, 0) is 56.5 Å². The maximum absolute atomic E-state index is 12.2. The Morgan fingerprint density at radius 3 is 2.30 bits per heavy atom. The van der Waals surface area contributed by atoms with Crippen molar-refractivity contribution < 1.29 is 4.79 Å². The summed E-state index contributed by atoms with van der Waals surface area (Å²) in [6, 6.07) is 16.0. The number of aryl methyl sites for hydroxylation is 4. The third-order valence-corrected chi connectivity index (χ3v) is 4.42. The Morgan fingerprint density at radius 2 is 1.67 bits per heavy atom. The van der Waals surface area contributed by atoms with Crippen LogP contribution in [0.2, 0.25) is 0 Å². The molecule has 0 aliphatic carbocycles. The summed E-state index contributed by atoms with van der Waals surface area (Å²) in [6.45, 7) is 8.29. The fourth-order valence-corrected chi connectivity index (χ4v) is 3.26. The summed E-state index contributed by atoms with van der Waals surface area (Å²) >= 11 is 0. The molecule has 27 heavy (non-hydrogen) atoms. The van der Waals surface area contributed by atoms with Crippen molar-refractivity contribution in [2.45, 2.75) is 34.1 Å². The average molecular weight is 359 g/mol. The smallest absolute Gasteiger partial charge is 0.228 e. The number of nitrogens with zero attached hydrogens (tertiary/aromatic N) is 1. The topological polar surface area (TPSA) is 54.0 Å². The van der Waals surface area contributed by atoms with Gasteiger partial charge in [0.1, 0.15) is 5.82 Å². The molecule has 0 radical (unpaired) electrons. The van der Waals surface area contributed by atoms with E-state index in [2.05, 4.69) is 48.5 Å². The van der Waals surface area contributed by atoms with Crippen LogP contribution >= 0.6 is 0 Å². The van der Waals surface area contributed by atoms with E-state index in [1.807, 2.05) is 43.3 Å². The number of aromatic nitrogens is 1. The number of amides is 1. The Labute approximate surface area is 160 Å². The lowest BCUT2D eigenvalue weighted by molar-refractivity contribution is -0.115. The lowest BCUT2D eigenvalue weighted by Crippen LogP contribution is -2.14. The van der Waals surface area contributed by atoms with Crippen LogP contribution in [-0.4, -0.2) is 10.9 Å². The Kier molecular flexibility index (Phi) is 5.55. The Morgan fingerprint density at radius 1 is 0.926 bits per heavy atom. The van der Waals surface area contributed by atoms with Gasteiger partial charge in [-0.15, -0.1) is 0 Å². The van der Waals surface area contributed by atoms with Crippen LogP contribution in [0, 0.1) is 27.7 Å². The van der Waals surface area contributed by atoms with Crippen LogP contribution in [0.4, 0.5) is 17.2 Å². The van der Waals surface area contributed by atoms with Crippen molar-refractivity contribution in [3.63, 3.8) is 0 Å². The second kappa shape index (κ2) is 8.04. The predicted molar refractivity (Wildman–Crippen MR) is 112 cm³/mol. The number of rotatable bonds is 5. The summed E-state index contributed by atoms with van der Waals surface area (Å²) in [4.78, 5) is 16.7. The minimum atomic E-state index is -0.0478. The van der Waals surface area contributed by atoms with Crippen molar-refractivity contribution in [2.75, 3.05) is 10.6 Å². The highest BCUT2D eigenvalue weighted by atomic mass is 16.1. The van der Waals surface area contributed by atoms with E-state index in [-0.39, 0.29) is 5.91 Å². The maximum Gasteiger partial charge on any atom is 0.228 e. The molecule has 0 bridgehead atoms. The van der Waals surface area contributed by atoms with Crippen LogP contribution < -0.4 is 10.6 Å². The average Bonchev–Trinajstić information content (AvgIpc) is 2.59. The van der Waals surface area contributed by atoms with Gasteiger partial charge in [0.25, 0.3) is 0 Å². The van der Waals surface area contributed by atoms with Crippen LogP contribution in [0.1, 0.15) is 27.8 Å². The first kappa shape index (κ1) is 18.6. The molecule has 1 amide bonds. The van der Waals surface area contributed by atoms with Crippen LogP contribution in [-0.2, 0) is 11.2 Å². The van der Waals surface area contributed by atoms with Gasteiger partial charge in [0.15, 0.2) is 0 Å². The largest absolute Gasteiger partial charge is 0.340 e. The third-order valence-electron chi connectivity index (χ3n) is 4.42. The summed E-state index contributed by atoms with van der Waals surface area (Å²) < 4.78 is 0. The molecular weight excluding hydrogens is 334 g/mol. The standard InChI is InChI=1S/C23H25N3O/c1-15-6-5-7-19(12-15)13-22(27)25-20-8-9-21(24-14-20)26-23-17(3)10-16(2)11-18(23)4/h5-12,14H,13H2,1-4H3,(H,24,26)(H,25,27). The third kappa shape index (κ3) is 4.94. The molecule has 4 nitrogen and oxygen atoms in total. The first-order chi connectivity index (χ1) is 12.9. The van der Waals surface area contributed by atoms with Gasteiger partial charge in [0.2, 0.25) is 5.91 Å². The quantitative estimate of drug-likeness (QED) is 0.655. The molecule has 0 unspecified atom stereocenters. The monoisotopic (exact) mass is 359 g/mol. The van der Waals surface area contributed by atoms with E-state index >= 15 is 0 Å². The minimum Gasteiger partial charge on any atom is -0.340 e. The zero-order valence-corrected chi connectivity index (χ0v) is 16.3. The molecular formula is C23H25N3O. The van der Waals surface area contributed by atoms with Crippen LogP contribution in [0.25, 0.3) is 0 Å². The zero-order valence-electron chi connectivity index (χ0n) is 16.3. The molecule has 3 rings (SSSR count). The van der Waals surface area contributed by atoms with E-state index in [0.717, 1.165) is 22.6 Å². The molecule has 2 N–H and O–H groups in total. The molecule has 0 spiro atoms. The van der Waals surface area contributed by atoms with Gasteiger partial charge >= 0.3 is 0 Å². The fourth-order valence-electron chi connectivity index (χ4n) is 3.26. The lowest BCUT2D eigenvalue weighted by atomic mass is 10.1. The minimum absolute atomic E-state index is 0.0478.